The predicted molar refractivity (Wildman–Crippen MR) is 95.8 cm³/mol. The number of anilines is 1. The van der Waals surface area contributed by atoms with Crippen molar-refractivity contribution in [2.24, 2.45) is 0 Å². The monoisotopic (exact) mass is 352 g/mol. The molecular weight excluding hydrogens is 328 g/mol. The van der Waals surface area contributed by atoms with Gasteiger partial charge < -0.3 is 14.9 Å². The van der Waals surface area contributed by atoms with Crippen LogP contribution in [0.15, 0.2) is 18.2 Å². The summed E-state index contributed by atoms with van der Waals surface area (Å²) in [6.07, 6.45) is 0.716. The zero-order valence-electron chi connectivity index (χ0n) is 14.7. The molecule has 1 aliphatic rings. The molecule has 1 aromatic rings. The molecule has 0 radical (unpaired) electrons. The van der Waals surface area contributed by atoms with Crippen LogP contribution >= 0.6 is 11.6 Å². The summed E-state index contributed by atoms with van der Waals surface area (Å²) in [5, 5.41) is 9.70. The van der Waals surface area contributed by atoms with Crippen LogP contribution in [0.25, 0.3) is 0 Å². The van der Waals surface area contributed by atoms with Crippen molar-refractivity contribution in [2.45, 2.75) is 45.6 Å². The highest BCUT2D eigenvalue weighted by Gasteiger charge is 2.34. The summed E-state index contributed by atoms with van der Waals surface area (Å²) in [6.45, 7) is 10.1. The van der Waals surface area contributed by atoms with E-state index in [1.54, 1.807) is 0 Å². The lowest BCUT2D eigenvalue weighted by atomic mass is 9.85. The van der Waals surface area contributed by atoms with Crippen molar-refractivity contribution >= 4 is 29.2 Å². The molecule has 5 nitrogen and oxygen atoms in total. The predicted octanol–water partition coefficient (Wildman–Crippen LogP) is 3.15. The number of halogens is 1. The minimum absolute atomic E-state index is 0.0596. The van der Waals surface area contributed by atoms with Gasteiger partial charge in [-0.3, -0.25) is 4.79 Å². The molecule has 6 heteroatoms. The normalized spacial score (nSPS) is 18.6. The molecule has 1 heterocycles. The van der Waals surface area contributed by atoms with Gasteiger partial charge in [-0.05, 0) is 35.6 Å². The van der Waals surface area contributed by atoms with Crippen molar-refractivity contribution in [1.29, 1.82) is 0 Å². The average Bonchev–Trinajstić information content (AvgIpc) is 2.52. The summed E-state index contributed by atoms with van der Waals surface area (Å²) in [7, 11) is 0. The molecule has 2 rings (SSSR count). The molecule has 1 fully saturated rings. The van der Waals surface area contributed by atoms with Crippen LogP contribution in [0, 0.1) is 0 Å². The first-order chi connectivity index (χ1) is 11.1. The Morgan fingerprint density at radius 2 is 1.96 bits per heavy atom. The number of hydrogen-bond acceptors (Lipinski definition) is 3. The fourth-order valence-corrected chi connectivity index (χ4v) is 3.37. The second kappa shape index (κ2) is 7.01. The zero-order valence-corrected chi connectivity index (χ0v) is 15.4. The number of aliphatic carboxylic acids is 1. The van der Waals surface area contributed by atoms with E-state index in [2.05, 4.69) is 25.7 Å². The van der Waals surface area contributed by atoms with E-state index in [1.165, 1.54) is 4.90 Å². The lowest BCUT2D eigenvalue weighted by molar-refractivity contribution is -0.157. The molecule has 1 amide bonds. The maximum atomic E-state index is 11.9. The molecule has 0 saturated carbocycles. The molecule has 0 bridgehead atoms. The Bertz CT molecular complexity index is 640. The number of carbonyl (C=O) groups is 2. The van der Waals surface area contributed by atoms with Crippen LogP contribution in [0.3, 0.4) is 0 Å². The third-order valence-electron chi connectivity index (χ3n) is 4.51. The third-order valence-corrected chi connectivity index (χ3v) is 4.74. The third kappa shape index (κ3) is 3.83. The first-order valence-corrected chi connectivity index (χ1v) is 8.61. The molecule has 1 aromatic carbocycles. The molecule has 0 aromatic heterocycles. The summed E-state index contributed by atoms with van der Waals surface area (Å²) in [6, 6.07) is 5.78. The Labute approximate surface area is 148 Å². The number of carbonyl (C=O) groups excluding carboxylic acids is 1. The van der Waals surface area contributed by atoms with Gasteiger partial charge in [-0.15, -0.1) is 0 Å². The van der Waals surface area contributed by atoms with Crippen LogP contribution in [0.2, 0.25) is 5.02 Å². The fraction of sp³-hybridized carbons (Fsp3) is 0.556. The fourth-order valence-electron chi connectivity index (χ4n) is 3.20. The Balaban J connectivity index is 2.30. The van der Waals surface area contributed by atoms with Gasteiger partial charge in [-0.2, -0.15) is 0 Å². The minimum atomic E-state index is -1.39. The van der Waals surface area contributed by atoms with Crippen LogP contribution in [-0.4, -0.2) is 47.6 Å². The first-order valence-electron chi connectivity index (χ1n) is 8.24. The lowest BCUT2D eigenvalue weighted by Gasteiger charge is -2.43. The highest BCUT2D eigenvalue weighted by Crippen LogP contribution is 2.35. The molecule has 1 saturated heterocycles. The van der Waals surface area contributed by atoms with Gasteiger partial charge in [-0.1, -0.05) is 39.3 Å². The highest BCUT2D eigenvalue weighted by molar-refractivity contribution is 6.31. The number of benzene rings is 1. The number of carboxylic acid groups (broad SMARTS) is 1. The van der Waals surface area contributed by atoms with Crippen molar-refractivity contribution in [3.63, 3.8) is 0 Å². The molecule has 0 spiro atoms. The summed E-state index contributed by atoms with van der Waals surface area (Å²) < 4.78 is 0. The summed E-state index contributed by atoms with van der Waals surface area (Å²) in [5.74, 6) is -2.20. The van der Waals surface area contributed by atoms with Crippen LogP contribution < -0.4 is 4.90 Å². The number of hydrogen-bond donors (Lipinski definition) is 1. The Kier molecular flexibility index (Phi) is 5.43. The molecular formula is C18H25ClN2O3. The van der Waals surface area contributed by atoms with Gasteiger partial charge in [0.15, 0.2) is 0 Å². The Morgan fingerprint density at radius 1 is 1.29 bits per heavy atom. The van der Waals surface area contributed by atoms with Crippen LogP contribution in [0.4, 0.5) is 5.69 Å². The van der Waals surface area contributed by atoms with Gasteiger partial charge in [0, 0.05) is 36.4 Å². The van der Waals surface area contributed by atoms with E-state index in [0.717, 1.165) is 11.3 Å². The topological polar surface area (TPSA) is 60.9 Å². The molecule has 1 N–H and O–H groups in total. The van der Waals surface area contributed by atoms with E-state index in [9.17, 15) is 9.59 Å². The van der Waals surface area contributed by atoms with Crippen LogP contribution in [0.1, 0.15) is 39.7 Å². The molecule has 1 aliphatic heterocycles. The van der Waals surface area contributed by atoms with Crippen LogP contribution in [0.5, 0.6) is 0 Å². The van der Waals surface area contributed by atoms with Crippen LogP contribution in [-0.2, 0) is 15.0 Å². The van der Waals surface area contributed by atoms with Gasteiger partial charge in [0.1, 0.15) is 0 Å². The Morgan fingerprint density at radius 3 is 2.50 bits per heavy atom. The molecule has 1 unspecified atom stereocenters. The molecule has 0 aliphatic carbocycles. The zero-order chi connectivity index (χ0) is 18.1. The highest BCUT2D eigenvalue weighted by atomic mass is 35.5. The average molecular weight is 353 g/mol. The maximum Gasteiger partial charge on any atom is 0.394 e. The van der Waals surface area contributed by atoms with Crippen molar-refractivity contribution in [3.05, 3.63) is 28.8 Å². The van der Waals surface area contributed by atoms with E-state index >= 15 is 0 Å². The van der Waals surface area contributed by atoms with Gasteiger partial charge in [-0.25, -0.2) is 4.79 Å². The number of nitrogens with zero attached hydrogens (tertiary/aromatic N) is 2. The summed E-state index contributed by atoms with van der Waals surface area (Å²) in [4.78, 5) is 26.6. The summed E-state index contributed by atoms with van der Waals surface area (Å²) in [5.41, 5.74) is 2.20. The van der Waals surface area contributed by atoms with E-state index < -0.39 is 11.9 Å². The minimum Gasteiger partial charge on any atom is -0.474 e. The number of amides is 1. The quantitative estimate of drug-likeness (QED) is 0.830. The van der Waals surface area contributed by atoms with Crippen molar-refractivity contribution in [1.82, 2.24) is 4.90 Å². The lowest BCUT2D eigenvalue weighted by Crippen LogP contribution is -2.56. The second-order valence-corrected chi connectivity index (χ2v) is 7.66. The Hall–Kier alpha value is -1.75. The van der Waals surface area contributed by atoms with E-state index in [4.69, 9.17) is 16.7 Å². The summed E-state index contributed by atoms with van der Waals surface area (Å²) >= 11 is 6.18. The van der Waals surface area contributed by atoms with E-state index in [-0.39, 0.29) is 11.5 Å². The van der Waals surface area contributed by atoms with E-state index in [1.807, 2.05) is 25.1 Å². The standard InChI is InChI=1S/C18H25ClN2O3/c1-5-13-11-20(8-9-21(13)16(22)17(23)24)15-7-6-12(19)10-14(15)18(2,3)4/h6-7,10,13H,5,8-9,11H2,1-4H3,(H,23,24). The van der Waals surface area contributed by atoms with Gasteiger partial charge in [0.2, 0.25) is 0 Å². The van der Waals surface area contributed by atoms with Gasteiger partial charge in [0.05, 0.1) is 0 Å². The molecule has 24 heavy (non-hydrogen) atoms. The van der Waals surface area contributed by atoms with E-state index in [0.29, 0.717) is 31.1 Å². The number of piperazine rings is 1. The van der Waals surface area contributed by atoms with Gasteiger partial charge in [0.25, 0.3) is 0 Å². The maximum absolute atomic E-state index is 11.9. The van der Waals surface area contributed by atoms with Gasteiger partial charge >= 0.3 is 11.9 Å². The molecule has 1 atom stereocenters. The SMILES string of the molecule is CCC1CN(c2ccc(Cl)cc2C(C)(C)C)CCN1C(=O)C(=O)O. The smallest absolute Gasteiger partial charge is 0.394 e. The second-order valence-electron chi connectivity index (χ2n) is 7.22. The number of carboxylic acids is 1. The van der Waals surface area contributed by atoms with Crippen molar-refractivity contribution < 1.29 is 14.7 Å². The molecule has 132 valence electrons. The van der Waals surface area contributed by atoms with Crippen molar-refractivity contribution in [2.75, 3.05) is 24.5 Å². The first kappa shape index (κ1) is 18.6. The van der Waals surface area contributed by atoms with Crippen molar-refractivity contribution in [3.8, 4) is 0 Å². The number of rotatable bonds is 2. The largest absolute Gasteiger partial charge is 0.474 e.